The minimum atomic E-state index is 0.0925. The van der Waals surface area contributed by atoms with Crippen molar-refractivity contribution in [3.8, 4) is 0 Å². The number of aromatic nitrogens is 1. The molecule has 0 saturated carbocycles. The Kier molecular flexibility index (Phi) is 4.42. The van der Waals surface area contributed by atoms with Crippen LogP contribution in [0.1, 0.15) is 12.8 Å². The highest BCUT2D eigenvalue weighted by Gasteiger charge is 2.23. The van der Waals surface area contributed by atoms with E-state index in [0.717, 1.165) is 50.5 Å². The van der Waals surface area contributed by atoms with Gasteiger partial charge in [-0.05, 0) is 30.7 Å². The predicted molar refractivity (Wildman–Crippen MR) is 83.4 cm³/mol. The van der Waals surface area contributed by atoms with Crippen molar-refractivity contribution in [1.29, 1.82) is 0 Å². The maximum Gasteiger partial charge on any atom is 0.238 e. The molecule has 1 atom stereocenters. The van der Waals surface area contributed by atoms with Crippen molar-refractivity contribution in [2.24, 2.45) is 0 Å². The van der Waals surface area contributed by atoms with E-state index in [1.165, 1.54) is 0 Å². The standard InChI is InChI=1S/C14H20N4OS/c19-14(12-2-1-9-20-12)17-13-4-3-11(10-16-13)18-7-5-15-6-8-18/h3-4,10,12,15H,1-2,5-9H2,(H,16,17,19). The summed E-state index contributed by atoms with van der Waals surface area (Å²) in [6, 6.07) is 3.94. The van der Waals surface area contributed by atoms with Gasteiger partial charge in [0.1, 0.15) is 5.82 Å². The second-order valence-corrected chi connectivity index (χ2v) is 6.44. The Balaban J connectivity index is 1.59. The molecule has 2 N–H and O–H groups in total. The zero-order valence-corrected chi connectivity index (χ0v) is 12.3. The van der Waals surface area contributed by atoms with Gasteiger partial charge in [0.2, 0.25) is 5.91 Å². The number of rotatable bonds is 3. The lowest BCUT2D eigenvalue weighted by molar-refractivity contribution is -0.115. The van der Waals surface area contributed by atoms with Crippen molar-refractivity contribution >= 4 is 29.2 Å². The number of nitrogens with one attached hydrogen (secondary N) is 2. The van der Waals surface area contributed by atoms with Crippen LogP contribution in [0.15, 0.2) is 18.3 Å². The molecular weight excluding hydrogens is 272 g/mol. The first-order valence-electron chi connectivity index (χ1n) is 7.17. The number of pyridine rings is 1. The molecule has 0 radical (unpaired) electrons. The van der Waals surface area contributed by atoms with E-state index in [0.29, 0.717) is 5.82 Å². The second kappa shape index (κ2) is 6.45. The Morgan fingerprint density at radius 1 is 1.40 bits per heavy atom. The Bertz CT molecular complexity index is 453. The normalized spacial score (nSPS) is 22.8. The van der Waals surface area contributed by atoms with Gasteiger partial charge in [0.25, 0.3) is 0 Å². The molecular formula is C14H20N4OS. The molecule has 2 saturated heterocycles. The van der Waals surface area contributed by atoms with Crippen LogP contribution in [0.5, 0.6) is 0 Å². The van der Waals surface area contributed by atoms with Gasteiger partial charge in [0, 0.05) is 26.2 Å². The SMILES string of the molecule is O=C(Nc1ccc(N2CCNCC2)cn1)C1CCCS1. The topological polar surface area (TPSA) is 57.3 Å². The molecule has 3 heterocycles. The van der Waals surface area contributed by atoms with Crippen LogP contribution in [-0.2, 0) is 4.79 Å². The van der Waals surface area contributed by atoms with Gasteiger partial charge in [0.05, 0.1) is 17.1 Å². The molecule has 2 fully saturated rings. The Morgan fingerprint density at radius 3 is 2.90 bits per heavy atom. The fraction of sp³-hybridized carbons (Fsp3) is 0.571. The van der Waals surface area contributed by atoms with Crippen molar-refractivity contribution in [1.82, 2.24) is 10.3 Å². The molecule has 1 aromatic rings. The van der Waals surface area contributed by atoms with E-state index in [1.807, 2.05) is 18.3 Å². The van der Waals surface area contributed by atoms with Gasteiger partial charge in [-0.3, -0.25) is 4.79 Å². The smallest absolute Gasteiger partial charge is 0.238 e. The summed E-state index contributed by atoms with van der Waals surface area (Å²) < 4.78 is 0. The summed E-state index contributed by atoms with van der Waals surface area (Å²) in [5.74, 6) is 1.84. The lowest BCUT2D eigenvalue weighted by Crippen LogP contribution is -2.43. The van der Waals surface area contributed by atoms with Gasteiger partial charge < -0.3 is 15.5 Å². The van der Waals surface area contributed by atoms with E-state index in [2.05, 4.69) is 20.5 Å². The molecule has 0 aliphatic carbocycles. The minimum Gasteiger partial charge on any atom is -0.368 e. The number of carbonyl (C=O) groups is 1. The van der Waals surface area contributed by atoms with Crippen molar-refractivity contribution in [2.75, 3.05) is 42.1 Å². The summed E-state index contributed by atoms with van der Waals surface area (Å²) in [6.07, 6.45) is 3.97. The van der Waals surface area contributed by atoms with Crippen molar-refractivity contribution in [3.63, 3.8) is 0 Å². The molecule has 5 nitrogen and oxygen atoms in total. The summed E-state index contributed by atoms with van der Waals surface area (Å²) in [5.41, 5.74) is 1.12. The van der Waals surface area contributed by atoms with E-state index in [9.17, 15) is 4.79 Å². The molecule has 3 rings (SSSR count). The summed E-state index contributed by atoms with van der Waals surface area (Å²) in [6.45, 7) is 4.03. The van der Waals surface area contributed by atoms with E-state index in [4.69, 9.17) is 0 Å². The largest absolute Gasteiger partial charge is 0.368 e. The molecule has 0 aromatic carbocycles. The zero-order chi connectivity index (χ0) is 13.8. The average molecular weight is 292 g/mol. The molecule has 20 heavy (non-hydrogen) atoms. The maximum atomic E-state index is 12.0. The van der Waals surface area contributed by atoms with Gasteiger partial charge in [-0.2, -0.15) is 0 Å². The summed E-state index contributed by atoms with van der Waals surface area (Å²) in [4.78, 5) is 18.7. The first-order valence-corrected chi connectivity index (χ1v) is 8.22. The van der Waals surface area contributed by atoms with Crippen LogP contribution < -0.4 is 15.5 Å². The molecule has 108 valence electrons. The Labute approximate surface area is 123 Å². The van der Waals surface area contributed by atoms with Crippen molar-refractivity contribution in [2.45, 2.75) is 18.1 Å². The number of piperazine rings is 1. The monoisotopic (exact) mass is 292 g/mol. The number of thioether (sulfide) groups is 1. The van der Waals surface area contributed by atoms with E-state index in [-0.39, 0.29) is 11.2 Å². The van der Waals surface area contributed by atoms with Crippen LogP contribution in [0.3, 0.4) is 0 Å². The number of hydrogen-bond acceptors (Lipinski definition) is 5. The third-order valence-corrected chi connectivity index (χ3v) is 5.08. The van der Waals surface area contributed by atoms with E-state index >= 15 is 0 Å². The Hall–Kier alpha value is -1.27. The number of carbonyl (C=O) groups excluding carboxylic acids is 1. The van der Waals surface area contributed by atoms with Gasteiger partial charge in [0.15, 0.2) is 0 Å². The molecule has 1 amide bonds. The van der Waals surface area contributed by atoms with Crippen molar-refractivity contribution < 1.29 is 4.79 Å². The fourth-order valence-electron chi connectivity index (χ4n) is 2.56. The third kappa shape index (κ3) is 3.24. The maximum absolute atomic E-state index is 12.0. The number of nitrogens with zero attached hydrogens (tertiary/aromatic N) is 2. The van der Waals surface area contributed by atoms with Gasteiger partial charge in [-0.1, -0.05) is 0 Å². The van der Waals surface area contributed by atoms with Gasteiger partial charge >= 0.3 is 0 Å². The lowest BCUT2D eigenvalue weighted by Gasteiger charge is -2.29. The quantitative estimate of drug-likeness (QED) is 0.880. The first-order chi connectivity index (χ1) is 9.83. The Morgan fingerprint density at radius 2 is 2.25 bits per heavy atom. The first kappa shape index (κ1) is 13.7. The van der Waals surface area contributed by atoms with Crippen molar-refractivity contribution in [3.05, 3.63) is 18.3 Å². The van der Waals surface area contributed by atoms with Crippen LogP contribution in [0.25, 0.3) is 0 Å². The van der Waals surface area contributed by atoms with Crippen LogP contribution in [0, 0.1) is 0 Å². The summed E-state index contributed by atoms with van der Waals surface area (Å²) in [5, 5.41) is 6.35. The van der Waals surface area contributed by atoms with Crippen LogP contribution >= 0.6 is 11.8 Å². The molecule has 1 aromatic heterocycles. The number of anilines is 2. The zero-order valence-electron chi connectivity index (χ0n) is 11.5. The second-order valence-electron chi connectivity index (χ2n) is 5.13. The highest BCUT2D eigenvalue weighted by Crippen LogP contribution is 2.27. The molecule has 6 heteroatoms. The number of amides is 1. The average Bonchev–Trinajstić information content (AvgIpc) is 3.03. The van der Waals surface area contributed by atoms with Crippen LogP contribution in [0.2, 0.25) is 0 Å². The summed E-state index contributed by atoms with van der Waals surface area (Å²) in [7, 11) is 0. The summed E-state index contributed by atoms with van der Waals surface area (Å²) >= 11 is 1.74. The molecule has 0 bridgehead atoms. The fourth-order valence-corrected chi connectivity index (χ4v) is 3.72. The minimum absolute atomic E-state index is 0.0925. The third-order valence-electron chi connectivity index (χ3n) is 3.70. The highest BCUT2D eigenvalue weighted by molar-refractivity contribution is 8.00. The van der Waals surface area contributed by atoms with E-state index < -0.39 is 0 Å². The van der Waals surface area contributed by atoms with Crippen LogP contribution in [0.4, 0.5) is 11.5 Å². The van der Waals surface area contributed by atoms with Crippen LogP contribution in [-0.4, -0.2) is 48.1 Å². The molecule has 2 aliphatic heterocycles. The lowest BCUT2D eigenvalue weighted by atomic mass is 10.2. The van der Waals surface area contributed by atoms with E-state index in [1.54, 1.807) is 11.8 Å². The van der Waals surface area contributed by atoms with Gasteiger partial charge in [-0.15, -0.1) is 11.8 Å². The van der Waals surface area contributed by atoms with Gasteiger partial charge in [-0.25, -0.2) is 4.98 Å². The highest BCUT2D eigenvalue weighted by atomic mass is 32.2. The predicted octanol–water partition coefficient (Wildman–Crippen LogP) is 1.33. The molecule has 1 unspecified atom stereocenters. The number of hydrogen-bond donors (Lipinski definition) is 2. The molecule has 0 spiro atoms. The molecule has 2 aliphatic rings.